The standard InChI is InChI=1S/C12H11ClN2O4/c13-7-2-1-3-8(6-7)15-11(18)9(14-12(15)19)4-5-10(16)17/h1-3,6,9H,4-5H2,(H,14,19)(H,16,17)/t9-/m0/s1. The van der Waals surface area contributed by atoms with Crippen LogP contribution in [0.1, 0.15) is 12.8 Å². The van der Waals surface area contributed by atoms with Crippen LogP contribution in [0.15, 0.2) is 24.3 Å². The Morgan fingerprint density at radius 2 is 2.16 bits per heavy atom. The topological polar surface area (TPSA) is 86.7 Å². The van der Waals surface area contributed by atoms with Crippen LogP contribution in [0.5, 0.6) is 0 Å². The quantitative estimate of drug-likeness (QED) is 0.822. The molecule has 2 rings (SSSR count). The molecule has 0 aromatic heterocycles. The molecule has 6 nitrogen and oxygen atoms in total. The molecule has 1 aromatic rings. The number of carboxylic acid groups (broad SMARTS) is 1. The van der Waals surface area contributed by atoms with E-state index < -0.39 is 23.9 Å². The summed E-state index contributed by atoms with van der Waals surface area (Å²) in [6.07, 6.45) is -0.114. The zero-order valence-electron chi connectivity index (χ0n) is 9.80. The first-order valence-corrected chi connectivity index (χ1v) is 5.98. The SMILES string of the molecule is O=C(O)CC[C@@H]1NC(=O)N(c2cccc(Cl)c2)C1=O. The molecule has 1 aliphatic heterocycles. The number of carbonyl (C=O) groups excluding carboxylic acids is 2. The van der Waals surface area contributed by atoms with Crippen LogP contribution in [0.2, 0.25) is 5.02 Å². The van der Waals surface area contributed by atoms with E-state index in [9.17, 15) is 14.4 Å². The van der Waals surface area contributed by atoms with Crippen molar-refractivity contribution >= 4 is 35.2 Å². The molecule has 1 saturated heterocycles. The summed E-state index contributed by atoms with van der Waals surface area (Å²) in [5.74, 6) is -1.48. The van der Waals surface area contributed by atoms with Crippen LogP contribution in [-0.2, 0) is 9.59 Å². The Labute approximate surface area is 114 Å². The maximum atomic E-state index is 12.0. The van der Waals surface area contributed by atoms with E-state index in [1.54, 1.807) is 18.2 Å². The molecule has 1 atom stereocenters. The van der Waals surface area contributed by atoms with Crippen LogP contribution < -0.4 is 10.2 Å². The van der Waals surface area contributed by atoms with Gasteiger partial charge in [0.1, 0.15) is 6.04 Å². The number of halogens is 1. The first kappa shape index (κ1) is 13.4. The zero-order valence-corrected chi connectivity index (χ0v) is 10.6. The van der Waals surface area contributed by atoms with Gasteiger partial charge >= 0.3 is 12.0 Å². The Hall–Kier alpha value is -2.08. The number of hydrogen-bond donors (Lipinski definition) is 2. The molecule has 0 radical (unpaired) electrons. The van der Waals surface area contributed by atoms with E-state index in [0.29, 0.717) is 10.7 Å². The maximum Gasteiger partial charge on any atom is 0.329 e. The number of anilines is 1. The van der Waals surface area contributed by atoms with Gasteiger partial charge in [-0.1, -0.05) is 17.7 Å². The second-order valence-electron chi connectivity index (χ2n) is 4.09. The van der Waals surface area contributed by atoms with Gasteiger partial charge < -0.3 is 10.4 Å². The highest BCUT2D eigenvalue weighted by Crippen LogP contribution is 2.24. The van der Waals surface area contributed by atoms with Gasteiger partial charge in [-0.25, -0.2) is 9.69 Å². The molecule has 1 aromatic carbocycles. The van der Waals surface area contributed by atoms with Crippen LogP contribution in [0, 0.1) is 0 Å². The van der Waals surface area contributed by atoms with Crippen LogP contribution >= 0.6 is 11.6 Å². The Morgan fingerprint density at radius 3 is 2.79 bits per heavy atom. The summed E-state index contributed by atoms with van der Waals surface area (Å²) in [6.45, 7) is 0. The summed E-state index contributed by atoms with van der Waals surface area (Å²) < 4.78 is 0. The first-order valence-electron chi connectivity index (χ1n) is 5.61. The maximum absolute atomic E-state index is 12.0. The summed E-state index contributed by atoms with van der Waals surface area (Å²) >= 11 is 5.81. The van der Waals surface area contributed by atoms with Gasteiger partial charge in [-0.3, -0.25) is 9.59 Å². The third kappa shape index (κ3) is 2.85. The van der Waals surface area contributed by atoms with E-state index in [2.05, 4.69) is 5.32 Å². The molecule has 0 aliphatic carbocycles. The Morgan fingerprint density at radius 1 is 1.42 bits per heavy atom. The normalized spacial score (nSPS) is 18.6. The van der Waals surface area contributed by atoms with Crippen LogP contribution in [-0.4, -0.2) is 29.1 Å². The van der Waals surface area contributed by atoms with Crippen molar-refractivity contribution in [2.45, 2.75) is 18.9 Å². The fraction of sp³-hybridized carbons (Fsp3) is 0.250. The van der Waals surface area contributed by atoms with Gasteiger partial charge in [0.15, 0.2) is 0 Å². The molecule has 7 heteroatoms. The molecule has 3 amide bonds. The number of aliphatic carboxylic acids is 1. The van der Waals surface area contributed by atoms with Gasteiger partial charge in [0.2, 0.25) is 0 Å². The Kier molecular flexibility index (Phi) is 3.71. The van der Waals surface area contributed by atoms with E-state index in [0.717, 1.165) is 4.90 Å². The highest BCUT2D eigenvalue weighted by Gasteiger charge is 2.38. The largest absolute Gasteiger partial charge is 0.481 e. The number of urea groups is 1. The van der Waals surface area contributed by atoms with Crippen molar-refractivity contribution < 1.29 is 19.5 Å². The van der Waals surface area contributed by atoms with E-state index in [1.165, 1.54) is 6.07 Å². The summed E-state index contributed by atoms with van der Waals surface area (Å²) in [7, 11) is 0. The van der Waals surface area contributed by atoms with Crippen LogP contribution in [0.3, 0.4) is 0 Å². The van der Waals surface area contributed by atoms with Crippen molar-refractivity contribution in [1.82, 2.24) is 5.32 Å². The zero-order chi connectivity index (χ0) is 14.0. The van der Waals surface area contributed by atoms with Crippen LogP contribution in [0.4, 0.5) is 10.5 Å². The molecule has 0 bridgehead atoms. The second-order valence-corrected chi connectivity index (χ2v) is 4.52. The van der Waals surface area contributed by atoms with Crippen molar-refractivity contribution in [3.8, 4) is 0 Å². The summed E-state index contributed by atoms with van der Waals surface area (Å²) in [6, 6.07) is 4.97. The lowest BCUT2D eigenvalue weighted by Crippen LogP contribution is -2.31. The monoisotopic (exact) mass is 282 g/mol. The predicted molar refractivity (Wildman–Crippen MR) is 68.1 cm³/mol. The van der Waals surface area contributed by atoms with E-state index in [1.807, 2.05) is 0 Å². The number of rotatable bonds is 4. The van der Waals surface area contributed by atoms with Gasteiger partial charge in [-0.05, 0) is 24.6 Å². The van der Waals surface area contributed by atoms with E-state index >= 15 is 0 Å². The number of hydrogen-bond acceptors (Lipinski definition) is 3. The molecule has 1 fully saturated rings. The summed E-state index contributed by atoms with van der Waals surface area (Å²) in [4.78, 5) is 35.3. The molecule has 1 heterocycles. The number of nitrogens with one attached hydrogen (secondary N) is 1. The lowest BCUT2D eigenvalue weighted by molar-refractivity contribution is -0.137. The molecular weight excluding hydrogens is 272 g/mol. The van der Waals surface area contributed by atoms with Gasteiger partial charge in [-0.15, -0.1) is 0 Å². The molecule has 0 saturated carbocycles. The lowest BCUT2D eigenvalue weighted by Gasteiger charge is -2.12. The number of nitrogens with zero attached hydrogens (tertiary/aromatic N) is 1. The summed E-state index contributed by atoms with van der Waals surface area (Å²) in [5.41, 5.74) is 0.368. The number of carboxylic acids is 1. The molecule has 2 N–H and O–H groups in total. The highest BCUT2D eigenvalue weighted by molar-refractivity contribution is 6.31. The number of carbonyl (C=O) groups is 3. The molecule has 0 spiro atoms. The molecule has 1 aliphatic rings. The van der Waals surface area contributed by atoms with E-state index in [4.69, 9.17) is 16.7 Å². The minimum absolute atomic E-state index is 0.0664. The van der Waals surface area contributed by atoms with E-state index in [-0.39, 0.29) is 12.8 Å². The minimum Gasteiger partial charge on any atom is -0.481 e. The molecule has 100 valence electrons. The van der Waals surface area contributed by atoms with Gasteiger partial charge in [-0.2, -0.15) is 0 Å². The third-order valence-electron chi connectivity index (χ3n) is 2.73. The fourth-order valence-corrected chi connectivity index (χ4v) is 2.04. The molecular formula is C12H11ClN2O4. The minimum atomic E-state index is -1.01. The number of amides is 3. The fourth-order valence-electron chi connectivity index (χ4n) is 1.85. The third-order valence-corrected chi connectivity index (χ3v) is 2.97. The van der Waals surface area contributed by atoms with Crippen molar-refractivity contribution in [1.29, 1.82) is 0 Å². The van der Waals surface area contributed by atoms with Gasteiger partial charge in [0.25, 0.3) is 5.91 Å². The van der Waals surface area contributed by atoms with Crippen LogP contribution in [0.25, 0.3) is 0 Å². The smallest absolute Gasteiger partial charge is 0.329 e. The average Bonchev–Trinajstić information content (AvgIpc) is 2.62. The Bertz CT molecular complexity index is 546. The Balaban J connectivity index is 2.17. The summed E-state index contributed by atoms with van der Waals surface area (Å²) in [5, 5.41) is 11.5. The molecule has 19 heavy (non-hydrogen) atoms. The van der Waals surface area contributed by atoms with Gasteiger partial charge in [0, 0.05) is 11.4 Å². The number of imide groups is 1. The predicted octanol–water partition coefficient (Wildman–Crippen LogP) is 1.63. The highest BCUT2D eigenvalue weighted by atomic mass is 35.5. The lowest BCUT2D eigenvalue weighted by atomic mass is 10.1. The van der Waals surface area contributed by atoms with Crippen molar-refractivity contribution in [2.75, 3.05) is 4.90 Å². The second kappa shape index (κ2) is 5.27. The van der Waals surface area contributed by atoms with Crippen molar-refractivity contribution in [2.24, 2.45) is 0 Å². The average molecular weight is 283 g/mol. The first-order chi connectivity index (χ1) is 8.99. The van der Waals surface area contributed by atoms with Crippen molar-refractivity contribution in [3.63, 3.8) is 0 Å². The molecule has 0 unspecified atom stereocenters. The van der Waals surface area contributed by atoms with Gasteiger partial charge in [0.05, 0.1) is 5.69 Å². The van der Waals surface area contributed by atoms with Crippen molar-refractivity contribution in [3.05, 3.63) is 29.3 Å². The number of benzene rings is 1.